The molecule has 1 aromatic heterocycles. The fourth-order valence-corrected chi connectivity index (χ4v) is 2.80. The molecule has 2 nitrogen and oxygen atoms in total. The second-order valence-corrected chi connectivity index (χ2v) is 5.52. The van der Waals surface area contributed by atoms with E-state index < -0.39 is 0 Å². The van der Waals surface area contributed by atoms with E-state index in [1.165, 1.54) is 5.56 Å². The summed E-state index contributed by atoms with van der Waals surface area (Å²) in [6.07, 6.45) is 0. The summed E-state index contributed by atoms with van der Waals surface area (Å²) in [5, 5.41) is 0.706. The van der Waals surface area contributed by atoms with Crippen LogP contribution in [0.25, 0.3) is 22.4 Å². The molecule has 4 heteroatoms. The molecular weight excluding hydrogens is 312 g/mol. The Kier molecular flexibility index (Phi) is 2.88. The van der Waals surface area contributed by atoms with Crippen LogP contribution in [0.1, 0.15) is 5.56 Å². The molecular formula is C14H10BrClN2. The topological polar surface area (TPSA) is 28.7 Å². The van der Waals surface area contributed by atoms with Crippen molar-refractivity contribution >= 4 is 38.6 Å². The van der Waals surface area contributed by atoms with Crippen molar-refractivity contribution in [1.29, 1.82) is 0 Å². The van der Waals surface area contributed by atoms with E-state index in [1.54, 1.807) is 0 Å². The molecule has 0 amide bonds. The molecule has 0 spiro atoms. The summed E-state index contributed by atoms with van der Waals surface area (Å²) in [6.45, 7) is 2.07. The molecule has 0 radical (unpaired) electrons. The van der Waals surface area contributed by atoms with Crippen LogP contribution in [-0.2, 0) is 0 Å². The number of hydrogen-bond donors (Lipinski definition) is 1. The van der Waals surface area contributed by atoms with Crippen LogP contribution in [-0.4, -0.2) is 9.97 Å². The maximum Gasteiger partial charge on any atom is 0.139 e. The fourth-order valence-electron chi connectivity index (χ4n) is 1.93. The standard InChI is InChI=1S/C14H10BrClN2/c1-8-2-5-12-13(6-8)18-14(17-12)10-4-3-9(16)7-11(10)15/h2-7H,1H3,(H,17,18). The van der Waals surface area contributed by atoms with Crippen molar-refractivity contribution in [3.8, 4) is 11.4 Å². The summed E-state index contributed by atoms with van der Waals surface area (Å²) < 4.78 is 0.936. The lowest BCUT2D eigenvalue weighted by Crippen LogP contribution is -1.82. The fraction of sp³-hybridized carbons (Fsp3) is 0.0714. The Balaban J connectivity index is 2.19. The summed E-state index contributed by atoms with van der Waals surface area (Å²) in [4.78, 5) is 7.91. The van der Waals surface area contributed by atoms with Crippen LogP contribution in [0.3, 0.4) is 0 Å². The first-order chi connectivity index (χ1) is 8.63. The number of nitrogens with zero attached hydrogens (tertiary/aromatic N) is 1. The molecule has 3 rings (SSSR count). The summed E-state index contributed by atoms with van der Waals surface area (Å²) in [5.41, 5.74) is 4.24. The number of halogens is 2. The van der Waals surface area contributed by atoms with Crippen molar-refractivity contribution in [3.63, 3.8) is 0 Å². The van der Waals surface area contributed by atoms with Gasteiger partial charge in [0.05, 0.1) is 11.0 Å². The van der Waals surface area contributed by atoms with E-state index in [9.17, 15) is 0 Å². The highest BCUT2D eigenvalue weighted by Crippen LogP contribution is 2.30. The second kappa shape index (κ2) is 4.41. The summed E-state index contributed by atoms with van der Waals surface area (Å²) in [6, 6.07) is 11.9. The van der Waals surface area contributed by atoms with Crippen LogP contribution in [0.5, 0.6) is 0 Å². The van der Waals surface area contributed by atoms with Gasteiger partial charge >= 0.3 is 0 Å². The Morgan fingerprint density at radius 1 is 1.17 bits per heavy atom. The first kappa shape index (κ1) is 11.8. The van der Waals surface area contributed by atoms with Gasteiger partial charge in [0, 0.05) is 15.1 Å². The highest BCUT2D eigenvalue weighted by Gasteiger charge is 2.09. The van der Waals surface area contributed by atoms with E-state index in [0.717, 1.165) is 26.9 Å². The first-order valence-electron chi connectivity index (χ1n) is 5.55. The van der Waals surface area contributed by atoms with Gasteiger partial charge in [-0.3, -0.25) is 0 Å². The zero-order chi connectivity index (χ0) is 12.7. The number of aromatic amines is 1. The van der Waals surface area contributed by atoms with Gasteiger partial charge in [-0.1, -0.05) is 17.7 Å². The normalized spacial score (nSPS) is 11.1. The van der Waals surface area contributed by atoms with E-state index in [4.69, 9.17) is 11.6 Å². The molecule has 90 valence electrons. The number of imidazole rings is 1. The number of benzene rings is 2. The molecule has 0 bridgehead atoms. The van der Waals surface area contributed by atoms with Gasteiger partial charge in [-0.05, 0) is 58.7 Å². The highest BCUT2D eigenvalue weighted by molar-refractivity contribution is 9.10. The average molecular weight is 322 g/mol. The van der Waals surface area contributed by atoms with E-state index in [2.05, 4.69) is 45.0 Å². The maximum absolute atomic E-state index is 5.94. The van der Waals surface area contributed by atoms with Crippen molar-refractivity contribution in [2.75, 3.05) is 0 Å². The Morgan fingerprint density at radius 3 is 2.78 bits per heavy atom. The molecule has 18 heavy (non-hydrogen) atoms. The van der Waals surface area contributed by atoms with E-state index in [0.29, 0.717) is 5.02 Å². The number of fused-ring (bicyclic) bond motifs is 1. The molecule has 0 aliphatic rings. The second-order valence-electron chi connectivity index (χ2n) is 4.23. The van der Waals surface area contributed by atoms with Gasteiger partial charge in [0.1, 0.15) is 5.82 Å². The number of H-pyrrole nitrogens is 1. The van der Waals surface area contributed by atoms with Gasteiger partial charge in [-0.2, -0.15) is 0 Å². The molecule has 2 aromatic carbocycles. The van der Waals surface area contributed by atoms with Crippen LogP contribution >= 0.6 is 27.5 Å². The molecule has 1 heterocycles. The zero-order valence-corrected chi connectivity index (χ0v) is 12.0. The molecule has 1 N–H and O–H groups in total. The number of aromatic nitrogens is 2. The van der Waals surface area contributed by atoms with Gasteiger partial charge < -0.3 is 4.98 Å². The van der Waals surface area contributed by atoms with Crippen LogP contribution < -0.4 is 0 Å². The predicted molar refractivity (Wildman–Crippen MR) is 79.0 cm³/mol. The molecule has 0 atom stereocenters. The monoisotopic (exact) mass is 320 g/mol. The average Bonchev–Trinajstić information content (AvgIpc) is 2.71. The Hall–Kier alpha value is -1.32. The van der Waals surface area contributed by atoms with E-state index in [1.807, 2.05) is 24.3 Å². The number of nitrogens with one attached hydrogen (secondary N) is 1. The predicted octanol–water partition coefficient (Wildman–Crippen LogP) is 4.95. The van der Waals surface area contributed by atoms with Gasteiger partial charge in [0.2, 0.25) is 0 Å². The van der Waals surface area contributed by atoms with Crippen LogP contribution in [0.2, 0.25) is 5.02 Å². The van der Waals surface area contributed by atoms with Gasteiger partial charge in [0.15, 0.2) is 0 Å². The maximum atomic E-state index is 5.94. The van der Waals surface area contributed by atoms with Crippen molar-refractivity contribution in [2.45, 2.75) is 6.92 Å². The summed E-state index contributed by atoms with van der Waals surface area (Å²) in [5.74, 6) is 0.846. The number of hydrogen-bond acceptors (Lipinski definition) is 1. The quantitative estimate of drug-likeness (QED) is 0.674. The summed E-state index contributed by atoms with van der Waals surface area (Å²) >= 11 is 9.45. The van der Waals surface area contributed by atoms with Crippen LogP contribution in [0, 0.1) is 6.92 Å². The SMILES string of the molecule is Cc1ccc2nc(-c3ccc(Cl)cc3Br)[nH]c2c1. The lowest BCUT2D eigenvalue weighted by molar-refractivity contribution is 1.33. The Bertz CT molecular complexity index is 734. The van der Waals surface area contributed by atoms with Gasteiger partial charge in [0.25, 0.3) is 0 Å². The number of rotatable bonds is 1. The molecule has 3 aromatic rings. The third-order valence-electron chi connectivity index (χ3n) is 2.82. The lowest BCUT2D eigenvalue weighted by atomic mass is 10.2. The van der Waals surface area contributed by atoms with Crippen molar-refractivity contribution in [1.82, 2.24) is 9.97 Å². The number of aryl methyl sites for hydroxylation is 1. The third kappa shape index (κ3) is 2.04. The third-order valence-corrected chi connectivity index (χ3v) is 3.71. The van der Waals surface area contributed by atoms with Crippen LogP contribution in [0.4, 0.5) is 0 Å². The van der Waals surface area contributed by atoms with Crippen LogP contribution in [0.15, 0.2) is 40.9 Å². The molecule has 0 unspecified atom stereocenters. The van der Waals surface area contributed by atoms with Gasteiger partial charge in [-0.25, -0.2) is 4.98 Å². The minimum atomic E-state index is 0.706. The van der Waals surface area contributed by atoms with Crippen molar-refractivity contribution < 1.29 is 0 Å². The largest absolute Gasteiger partial charge is 0.338 e. The molecule has 0 aliphatic carbocycles. The van der Waals surface area contributed by atoms with Gasteiger partial charge in [-0.15, -0.1) is 0 Å². The minimum absolute atomic E-state index is 0.706. The van der Waals surface area contributed by atoms with Crippen molar-refractivity contribution in [3.05, 3.63) is 51.5 Å². The zero-order valence-electron chi connectivity index (χ0n) is 9.67. The van der Waals surface area contributed by atoms with E-state index in [-0.39, 0.29) is 0 Å². The highest BCUT2D eigenvalue weighted by atomic mass is 79.9. The molecule has 0 aliphatic heterocycles. The lowest BCUT2D eigenvalue weighted by Gasteiger charge is -2.00. The molecule has 0 saturated heterocycles. The first-order valence-corrected chi connectivity index (χ1v) is 6.72. The minimum Gasteiger partial charge on any atom is -0.338 e. The molecule has 0 fully saturated rings. The van der Waals surface area contributed by atoms with E-state index >= 15 is 0 Å². The molecule has 0 saturated carbocycles. The Labute approximate surface area is 118 Å². The summed E-state index contributed by atoms with van der Waals surface area (Å²) in [7, 11) is 0. The van der Waals surface area contributed by atoms with Crippen molar-refractivity contribution in [2.24, 2.45) is 0 Å². The Morgan fingerprint density at radius 2 is 2.00 bits per heavy atom. The smallest absolute Gasteiger partial charge is 0.139 e.